The molecule has 0 fully saturated rings. The molecule has 13 heavy (non-hydrogen) atoms. The third kappa shape index (κ3) is 4.00. The first-order valence-electron chi connectivity index (χ1n) is 4.30. The van der Waals surface area contributed by atoms with Gasteiger partial charge >= 0.3 is 0 Å². The largest absolute Gasteiger partial charge is 0.107 e. The minimum Gasteiger partial charge on any atom is -0.107 e. The fourth-order valence-electron chi connectivity index (χ4n) is 1.05. The molecule has 0 saturated heterocycles. The van der Waals surface area contributed by atoms with Gasteiger partial charge in [-0.15, -0.1) is 11.8 Å². The van der Waals surface area contributed by atoms with Crippen molar-refractivity contribution in [2.75, 3.05) is 0 Å². The van der Waals surface area contributed by atoms with Crippen molar-refractivity contribution < 1.29 is 0 Å². The Kier molecular flexibility index (Phi) is 4.41. The van der Waals surface area contributed by atoms with Crippen LogP contribution in [0.3, 0.4) is 0 Å². The van der Waals surface area contributed by atoms with Crippen LogP contribution in [-0.4, -0.2) is 0 Å². The zero-order chi connectivity index (χ0) is 9.52. The summed E-state index contributed by atoms with van der Waals surface area (Å²) >= 11 is 1.61. The van der Waals surface area contributed by atoms with E-state index in [1.54, 1.807) is 11.8 Å². The second-order valence-corrected chi connectivity index (χ2v) is 3.74. The average molecular weight is 190 g/mol. The lowest BCUT2D eigenvalue weighted by molar-refractivity contribution is 1.29. The normalized spacial score (nSPS) is 16.7. The van der Waals surface area contributed by atoms with E-state index in [1.807, 2.05) is 5.41 Å². The molecule has 0 heterocycles. The molecule has 1 aliphatic carbocycles. The molecular weight excluding hydrogens is 176 g/mol. The van der Waals surface area contributed by atoms with Gasteiger partial charge in [-0.05, 0) is 29.7 Å². The van der Waals surface area contributed by atoms with Crippen molar-refractivity contribution in [3.05, 3.63) is 58.9 Å². The van der Waals surface area contributed by atoms with Crippen molar-refractivity contribution in [3.63, 3.8) is 0 Å². The summed E-state index contributed by atoms with van der Waals surface area (Å²) in [7, 11) is 0. The summed E-state index contributed by atoms with van der Waals surface area (Å²) in [6, 6.07) is 0. The minimum absolute atomic E-state index is 1.02. The highest BCUT2D eigenvalue weighted by Gasteiger charge is 1.92. The van der Waals surface area contributed by atoms with E-state index in [0.29, 0.717) is 0 Å². The summed E-state index contributed by atoms with van der Waals surface area (Å²) in [6.45, 7) is 5.75. The maximum absolute atomic E-state index is 3.64. The number of thioether (sulfide) groups is 1. The van der Waals surface area contributed by atoms with E-state index in [-0.39, 0.29) is 0 Å². The van der Waals surface area contributed by atoms with Gasteiger partial charge in [0.15, 0.2) is 0 Å². The van der Waals surface area contributed by atoms with Crippen LogP contribution in [0, 0.1) is 0 Å². The minimum atomic E-state index is 1.02. The highest BCUT2D eigenvalue weighted by atomic mass is 32.2. The van der Waals surface area contributed by atoms with Gasteiger partial charge in [-0.3, -0.25) is 0 Å². The molecule has 0 spiro atoms. The zero-order valence-electron chi connectivity index (χ0n) is 7.86. The summed E-state index contributed by atoms with van der Waals surface area (Å²) in [6.07, 6.45) is 11.8. The Bertz CT molecular complexity index is 290. The SMILES string of the molecule is C=CS/C=C/C1=CC=C(C)C=CC1. The van der Waals surface area contributed by atoms with Gasteiger partial charge < -0.3 is 0 Å². The summed E-state index contributed by atoms with van der Waals surface area (Å²) in [4.78, 5) is 0. The third-order valence-corrected chi connectivity index (χ3v) is 2.24. The van der Waals surface area contributed by atoms with Gasteiger partial charge in [0, 0.05) is 0 Å². The van der Waals surface area contributed by atoms with Crippen LogP contribution in [0.25, 0.3) is 0 Å². The highest BCUT2D eigenvalue weighted by molar-refractivity contribution is 8.04. The van der Waals surface area contributed by atoms with Gasteiger partial charge in [0.2, 0.25) is 0 Å². The van der Waals surface area contributed by atoms with Crippen LogP contribution in [0.5, 0.6) is 0 Å². The Morgan fingerprint density at radius 1 is 1.46 bits per heavy atom. The van der Waals surface area contributed by atoms with Crippen LogP contribution in [0.15, 0.2) is 58.9 Å². The van der Waals surface area contributed by atoms with E-state index >= 15 is 0 Å². The molecule has 1 rings (SSSR count). The molecule has 0 aromatic rings. The van der Waals surface area contributed by atoms with Crippen molar-refractivity contribution in [2.24, 2.45) is 0 Å². The molecule has 0 radical (unpaired) electrons. The molecule has 0 unspecified atom stereocenters. The van der Waals surface area contributed by atoms with Gasteiger partial charge in [0.25, 0.3) is 0 Å². The van der Waals surface area contributed by atoms with Gasteiger partial charge in [-0.25, -0.2) is 0 Å². The lowest BCUT2D eigenvalue weighted by Crippen LogP contribution is -1.71. The maximum atomic E-state index is 3.64. The lowest BCUT2D eigenvalue weighted by atomic mass is 10.2. The second-order valence-electron chi connectivity index (χ2n) is 2.86. The van der Waals surface area contributed by atoms with E-state index in [0.717, 1.165) is 6.42 Å². The lowest BCUT2D eigenvalue weighted by Gasteiger charge is -1.92. The topological polar surface area (TPSA) is 0 Å². The van der Waals surface area contributed by atoms with Crippen LogP contribution in [-0.2, 0) is 0 Å². The number of rotatable bonds is 3. The van der Waals surface area contributed by atoms with Crippen LogP contribution >= 0.6 is 11.8 Å². The molecule has 0 aliphatic heterocycles. The van der Waals surface area contributed by atoms with E-state index in [1.165, 1.54) is 11.1 Å². The van der Waals surface area contributed by atoms with Crippen LogP contribution in [0.2, 0.25) is 0 Å². The van der Waals surface area contributed by atoms with Gasteiger partial charge in [-0.2, -0.15) is 0 Å². The number of allylic oxidation sites excluding steroid dienone is 7. The first-order chi connectivity index (χ1) is 6.33. The van der Waals surface area contributed by atoms with Crippen LogP contribution < -0.4 is 0 Å². The summed E-state index contributed by atoms with van der Waals surface area (Å²) in [5.74, 6) is 0. The first-order valence-corrected chi connectivity index (χ1v) is 5.24. The first kappa shape index (κ1) is 10.1. The molecule has 0 nitrogen and oxygen atoms in total. The molecule has 1 heteroatoms. The molecule has 0 N–H and O–H groups in total. The Balaban J connectivity index is 2.61. The molecule has 0 amide bonds. The number of hydrogen-bond acceptors (Lipinski definition) is 1. The summed E-state index contributed by atoms with van der Waals surface area (Å²) < 4.78 is 0. The van der Waals surface area contributed by atoms with Crippen molar-refractivity contribution in [2.45, 2.75) is 13.3 Å². The number of hydrogen-bond donors (Lipinski definition) is 0. The highest BCUT2D eigenvalue weighted by Crippen LogP contribution is 2.14. The predicted molar refractivity (Wildman–Crippen MR) is 62.5 cm³/mol. The molecule has 0 aromatic carbocycles. The van der Waals surface area contributed by atoms with Crippen molar-refractivity contribution >= 4 is 11.8 Å². The standard InChI is InChI=1S/C12H14S/c1-3-13-10-9-12-6-4-5-11(2)7-8-12/h3-5,7-10H,1,6H2,2H3/b10-9+. The Hall–Kier alpha value is -0.950. The summed E-state index contributed by atoms with van der Waals surface area (Å²) in [5, 5.41) is 3.88. The van der Waals surface area contributed by atoms with E-state index in [2.05, 4.69) is 49.3 Å². The van der Waals surface area contributed by atoms with Gasteiger partial charge in [0.05, 0.1) is 0 Å². The van der Waals surface area contributed by atoms with Crippen molar-refractivity contribution in [1.82, 2.24) is 0 Å². The smallest absolute Gasteiger partial charge is 0.00940 e. The predicted octanol–water partition coefficient (Wildman–Crippen LogP) is 4.21. The Morgan fingerprint density at radius 3 is 3.08 bits per heavy atom. The third-order valence-electron chi connectivity index (χ3n) is 1.75. The van der Waals surface area contributed by atoms with Crippen LogP contribution in [0.1, 0.15) is 13.3 Å². The molecule has 1 aliphatic rings. The zero-order valence-corrected chi connectivity index (χ0v) is 8.68. The van der Waals surface area contributed by atoms with Crippen molar-refractivity contribution in [1.29, 1.82) is 0 Å². The van der Waals surface area contributed by atoms with Crippen LogP contribution in [0.4, 0.5) is 0 Å². The fourth-order valence-corrected chi connectivity index (χ4v) is 1.41. The van der Waals surface area contributed by atoms with Gasteiger partial charge in [-0.1, -0.05) is 42.5 Å². The Labute approximate surface area is 84.4 Å². The molecule has 68 valence electrons. The van der Waals surface area contributed by atoms with Crippen molar-refractivity contribution in [3.8, 4) is 0 Å². The Morgan fingerprint density at radius 2 is 2.31 bits per heavy atom. The molecule has 0 aromatic heterocycles. The molecule has 0 saturated carbocycles. The maximum Gasteiger partial charge on any atom is -0.00940 e. The fraction of sp³-hybridized carbons (Fsp3) is 0.167. The average Bonchev–Trinajstić information content (AvgIpc) is 2.32. The summed E-state index contributed by atoms with van der Waals surface area (Å²) in [5.41, 5.74) is 2.64. The van der Waals surface area contributed by atoms with E-state index < -0.39 is 0 Å². The molecular formula is C12H14S. The van der Waals surface area contributed by atoms with E-state index in [9.17, 15) is 0 Å². The molecule has 0 bridgehead atoms. The monoisotopic (exact) mass is 190 g/mol. The van der Waals surface area contributed by atoms with Gasteiger partial charge in [0.1, 0.15) is 0 Å². The van der Waals surface area contributed by atoms with E-state index in [4.69, 9.17) is 0 Å². The second kappa shape index (κ2) is 5.65. The molecule has 0 atom stereocenters. The quantitative estimate of drug-likeness (QED) is 0.642.